The van der Waals surface area contributed by atoms with Gasteiger partial charge in [0.25, 0.3) is 6.71 Å². The molecule has 0 heterocycles. The monoisotopic (exact) mass is 744 g/mol. The summed E-state index contributed by atoms with van der Waals surface area (Å²) in [6, 6.07) is 17.0. The quantitative estimate of drug-likeness (QED) is 0.0527. The van der Waals surface area contributed by atoms with Crippen molar-refractivity contribution in [3.05, 3.63) is 130 Å². The first-order valence-corrected chi connectivity index (χ1v) is 19.3. The van der Waals surface area contributed by atoms with E-state index in [1.807, 2.05) is 30.3 Å². The van der Waals surface area contributed by atoms with Crippen molar-refractivity contribution in [2.45, 2.75) is 39.0 Å². The summed E-state index contributed by atoms with van der Waals surface area (Å²) < 4.78 is 143. The van der Waals surface area contributed by atoms with Gasteiger partial charge < -0.3 is 0 Å². The normalized spacial score (nSPS) is 10.9. The van der Waals surface area contributed by atoms with Gasteiger partial charge in [-0.3, -0.25) is 0 Å². The van der Waals surface area contributed by atoms with Gasteiger partial charge in [-0.2, -0.15) is 35.9 Å². The molecule has 4 rings (SSSR count). The van der Waals surface area contributed by atoms with Crippen molar-refractivity contribution in [2.24, 2.45) is 0 Å². The van der Waals surface area contributed by atoms with Gasteiger partial charge in [-0.25, -0.2) is 68.2 Å². The van der Waals surface area contributed by atoms with E-state index in [9.17, 15) is 43.9 Å². The topological polar surface area (TPSA) is 0 Å². The molecule has 44 heavy (non-hydrogen) atoms. The fourth-order valence-electron chi connectivity index (χ4n) is 4.36. The van der Waals surface area contributed by atoms with Crippen LogP contribution >= 0.6 is 17.0 Å². The van der Waals surface area contributed by atoms with Crippen LogP contribution in [0.1, 0.15) is 38.2 Å². The Morgan fingerprint density at radius 1 is 0.705 bits per heavy atom. The molecular formula is C30H23BCl2F10Zr. The van der Waals surface area contributed by atoms with E-state index in [1.165, 1.54) is 6.08 Å². The summed E-state index contributed by atoms with van der Waals surface area (Å²) in [7, 11) is 9.87. The van der Waals surface area contributed by atoms with Crippen LogP contribution in [0.2, 0.25) is 0 Å². The predicted octanol–water partition coefficient (Wildman–Crippen LogP) is 9.48. The molecule has 0 saturated heterocycles. The zero-order valence-corrected chi connectivity index (χ0v) is 26.9. The average Bonchev–Trinajstić information content (AvgIpc) is 3.76. The Hall–Kier alpha value is -2.29. The molecule has 4 aromatic rings. The predicted molar refractivity (Wildman–Crippen MR) is 149 cm³/mol. The maximum atomic E-state index is 14.9. The van der Waals surface area contributed by atoms with Crippen molar-refractivity contribution >= 4 is 34.7 Å². The third-order valence-electron chi connectivity index (χ3n) is 6.35. The Labute approximate surface area is 267 Å². The minimum Gasteiger partial charge on any atom is -0.214 e. The van der Waals surface area contributed by atoms with Gasteiger partial charge in [0.05, 0.1) is 0 Å². The zero-order valence-electron chi connectivity index (χ0n) is 22.9. The Balaban J connectivity index is 0.000000739. The molecule has 0 amide bonds. The molecule has 0 unspecified atom stereocenters. The van der Waals surface area contributed by atoms with Crippen LogP contribution in [-0.4, -0.2) is 6.71 Å². The molecule has 0 atom stereocenters. The van der Waals surface area contributed by atoms with E-state index in [0.717, 1.165) is 5.56 Å². The van der Waals surface area contributed by atoms with Gasteiger partial charge in [-0.15, -0.1) is 0 Å². The minimum absolute atomic E-state index is 0.132. The van der Waals surface area contributed by atoms with Crippen molar-refractivity contribution < 1.29 is 64.8 Å². The van der Waals surface area contributed by atoms with Crippen molar-refractivity contribution in [1.29, 1.82) is 0 Å². The molecular weight excluding hydrogens is 723 g/mol. The molecule has 0 aromatic heterocycles. The summed E-state index contributed by atoms with van der Waals surface area (Å²) in [5.41, 5.74) is -2.83. The number of benzene rings is 2. The Morgan fingerprint density at radius 3 is 1.48 bits per heavy atom. The number of unbranched alkanes of at least 4 members (excludes halogenated alkanes) is 1. The maximum Gasteiger partial charge on any atom is -0.172 e. The molecule has 14 heteroatoms. The third kappa shape index (κ3) is 9.36. The van der Waals surface area contributed by atoms with Crippen molar-refractivity contribution in [3.63, 3.8) is 0 Å². The summed E-state index contributed by atoms with van der Waals surface area (Å²) in [4.78, 5) is 0. The third-order valence-corrected chi connectivity index (χ3v) is 6.35. The van der Waals surface area contributed by atoms with Crippen LogP contribution in [0.15, 0.2) is 66.1 Å². The fraction of sp³-hybridized carbons (Fsp3) is 0.200. The first-order valence-electron chi connectivity index (χ1n) is 13.0. The Bertz CT molecular complexity index is 1360. The Morgan fingerprint density at radius 2 is 1.14 bits per heavy atom. The molecule has 0 aliphatic carbocycles. The molecule has 0 N–H and O–H groups in total. The van der Waals surface area contributed by atoms with Crippen LogP contribution in [0.5, 0.6) is 0 Å². The zero-order chi connectivity index (χ0) is 33.0. The fourth-order valence-corrected chi connectivity index (χ4v) is 4.36. The summed E-state index contributed by atoms with van der Waals surface area (Å²) in [5.74, 6) is -24.4. The molecule has 234 valence electrons. The van der Waals surface area contributed by atoms with Crippen molar-refractivity contribution in [2.75, 3.05) is 0 Å². The largest absolute Gasteiger partial charge is 0.214 e. The first kappa shape index (κ1) is 37.9. The minimum atomic E-state index is -2.53. The molecule has 4 aromatic carbocycles. The molecule has 0 radical (unpaired) electrons. The van der Waals surface area contributed by atoms with Crippen molar-refractivity contribution in [1.82, 2.24) is 0 Å². The van der Waals surface area contributed by atoms with Gasteiger partial charge in [0.1, 0.15) is 0 Å². The van der Waals surface area contributed by atoms with E-state index in [-0.39, 0.29) is 24.7 Å². The van der Waals surface area contributed by atoms with Crippen LogP contribution in [0.3, 0.4) is 0 Å². The van der Waals surface area contributed by atoms with E-state index < -0.39 is 96.7 Å². The molecule has 0 fully saturated rings. The average molecular weight is 746 g/mol. The van der Waals surface area contributed by atoms with Gasteiger partial charge in [0.2, 0.25) is 0 Å². The SMILES string of the molecule is CCC/C=C(\CCCc1ccc[cH-]1)B(c1c(F)c(F)c(F)c(F)c1F)c1c(F)c(F)c(F)c(F)c1F.[Cl][Zr+2][Cl].c1cc[cH-]c1. The second kappa shape index (κ2) is 18.6. The number of halogens is 12. The number of rotatable bonds is 9. The van der Waals surface area contributed by atoms with Gasteiger partial charge in [-0.1, -0.05) is 31.3 Å². The van der Waals surface area contributed by atoms with Crippen LogP contribution in [0.4, 0.5) is 43.9 Å². The van der Waals surface area contributed by atoms with E-state index >= 15 is 0 Å². The summed E-state index contributed by atoms with van der Waals surface area (Å²) >= 11 is -0.826. The van der Waals surface area contributed by atoms with Gasteiger partial charge >= 0.3 is 37.9 Å². The van der Waals surface area contributed by atoms with Crippen molar-refractivity contribution in [3.8, 4) is 0 Å². The van der Waals surface area contributed by atoms with E-state index in [0.29, 0.717) is 12.8 Å². The standard InChI is InChI=1S/C25H18BF10.C5H5.2ClH.Zr/c1-2-3-10-13(11-6-9-12-7-4-5-8-12)26(14-16(27)20(31)24(35)21(32)17(14)28)15-18(29)22(33)25(36)23(34)19(15)30;1-2-4-5-3-1;;;/h4-5,7-8,10H,2-3,6,9,11H2,1H3;1-5H;2*1H;/q2*-1;;;+4/p-2/b13-10+;;;;. The Kier molecular flexibility index (Phi) is 16.0. The molecule has 0 nitrogen and oxygen atoms in total. The number of allylic oxidation sites excluding steroid dienone is 2. The van der Waals surface area contributed by atoms with Gasteiger partial charge in [0, 0.05) is 10.9 Å². The molecule has 0 bridgehead atoms. The molecule has 0 saturated carbocycles. The van der Waals surface area contributed by atoms with Crippen LogP contribution < -0.4 is 10.9 Å². The van der Waals surface area contributed by atoms with Gasteiger partial charge in [0.15, 0.2) is 58.2 Å². The smallest absolute Gasteiger partial charge is 0.172 e. The van der Waals surface area contributed by atoms with E-state index in [4.69, 9.17) is 17.0 Å². The number of aryl methyl sites for hydroxylation is 1. The molecule has 0 spiro atoms. The molecule has 0 aliphatic heterocycles. The number of hydrogen-bond acceptors (Lipinski definition) is 0. The van der Waals surface area contributed by atoms with Crippen LogP contribution in [-0.2, 0) is 27.3 Å². The van der Waals surface area contributed by atoms with E-state index in [1.54, 1.807) is 31.2 Å². The second-order valence-corrected chi connectivity index (χ2v) is 12.9. The first-order chi connectivity index (χ1) is 20.9. The van der Waals surface area contributed by atoms with E-state index in [2.05, 4.69) is 0 Å². The van der Waals surface area contributed by atoms with Crippen LogP contribution in [0, 0.1) is 58.2 Å². The summed E-state index contributed by atoms with van der Waals surface area (Å²) in [5, 5.41) is 0. The van der Waals surface area contributed by atoms with Gasteiger partial charge in [-0.05, 0) is 19.3 Å². The summed E-state index contributed by atoms with van der Waals surface area (Å²) in [6.07, 6.45) is 2.12. The molecule has 0 aliphatic rings. The maximum absolute atomic E-state index is 14.9. The number of hydrogen-bond donors (Lipinski definition) is 0. The second-order valence-electron chi connectivity index (χ2n) is 9.15. The summed E-state index contributed by atoms with van der Waals surface area (Å²) in [6.45, 7) is -0.811. The van der Waals surface area contributed by atoms with Crippen LogP contribution in [0.25, 0.3) is 0 Å².